The van der Waals surface area contributed by atoms with Gasteiger partial charge in [0.2, 0.25) is 0 Å². The Morgan fingerprint density at radius 3 is 2.90 bits per heavy atom. The number of hydrogen-bond donors (Lipinski definition) is 3. The maximum absolute atomic E-state index is 11.7. The van der Waals surface area contributed by atoms with E-state index in [-0.39, 0.29) is 18.6 Å². The summed E-state index contributed by atoms with van der Waals surface area (Å²) in [4.78, 5) is 18.0. The molecule has 0 saturated carbocycles. The molecule has 1 saturated heterocycles. The number of nitrogens with one attached hydrogen (secondary N) is 1. The third-order valence-corrected chi connectivity index (χ3v) is 6.13. The number of esters is 1. The number of aliphatic hydroxyl groups excluding tert-OH is 2. The molecule has 2 aromatic rings. The van der Waals surface area contributed by atoms with Gasteiger partial charge in [-0.15, -0.1) is 0 Å². The Morgan fingerprint density at radius 2 is 2.16 bits per heavy atom. The second-order valence-corrected chi connectivity index (χ2v) is 8.15. The van der Waals surface area contributed by atoms with Crippen LogP contribution in [0.4, 0.5) is 0 Å². The minimum absolute atomic E-state index is 0.215. The molecule has 2 aliphatic heterocycles. The van der Waals surface area contributed by atoms with E-state index in [4.69, 9.17) is 10.00 Å². The monoisotopic (exact) mass is 422 g/mol. The molecule has 0 aliphatic carbocycles. The Labute approximate surface area is 181 Å². The summed E-state index contributed by atoms with van der Waals surface area (Å²) in [5.41, 5.74) is 4.21. The molecule has 2 aliphatic rings. The van der Waals surface area contributed by atoms with Crippen molar-refractivity contribution in [3.8, 4) is 6.07 Å². The predicted octanol–water partition coefficient (Wildman–Crippen LogP) is 1.36. The lowest BCUT2D eigenvalue weighted by Gasteiger charge is -2.22. The first-order valence-corrected chi connectivity index (χ1v) is 10.4. The molecular weight excluding hydrogens is 396 g/mol. The molecule has 3 heterocycles. The van der Waals surface area contributed by atoms with Gasteiger partial charge in [-0.2, -0.15) is 5.26 Å². The number of aliphatic hydroxyl groups is 2. The fourth-order valence-corrected chi connectivity index (χ4v) is 4.29. The van der Waals surface area contributed by atoms with E-state index < -0.39 is 12.2 Å². The lowest BCUT2D eigenvalue weighted by atomic mass is 9.95. The number of aromatic nitrogens is 1. The molecule has 0 amide bonds. The third kappa shape index (κ3) is 4.60. The number of carbonyl (C=O) groups excluding carboxylic acids is 1. The van der Waals surface area contributed by atoms with Gasteiger partial charge in [-0.25, -0.2) is 4.79 Å². The van der Waals surface area contributed by atoms with Gasteiger partial charge in [-0.3, -0.25) is 9.88 Å². The normalized spacial score (nSPS) is 20.2. The maximum atomic E-state index is 11.7. The van der Waals surface area contributed by atoms with Gasteiger partial charge >= 0.3 is 5.97 Å². The second kappa shape index (κ2) is 9.12. The highest BCUT2D eigenvalue weighted by molar-refractivity contribution is 5.93. The molecule has 0 radical (unpaired) electrons. The van der Waals surface area contributed by atoms with Crippen LogP contribution in [0.3, 0.4) is 0 Å². The fourth-order valence-electron chi connectivity index (χ4n) is 4.29. The molecule has 31 heavy (non-hydrogen) atoms. The highest BCUT2D eigenvalue weighted by atomic mass is 16.5. The number of benzene rings is 1. The van der Waals surface area contributed by atoms with E-state index in [1.807, 2.05) is 19.1 Å². The summed E-state index contributed by atoms with van der Waals surface area (Å²) < 4.78 is 5.10. The number of nitrogens with zero attached hydrogens (tertiary/aromatic N) is 3. The second-order valence-electron chi connectivity index (χ2n) is 8.15. The number of ether oxygens (including phenoxy) is 1. The Bertz CT molecular complexity index is 1000. The van der Waals surface area contributed by atoms with Gasteiger partial charge < -0.3 is 20.3 Å². The van der Waals surface area contributed by atoms with Crippen LogP contribution in [0.5, 0.6) is 0 Å². The predicted molar refractivity (Wildman–Crippen MR) is 112 cm³/mol. The van der Waals surface area contributed by atoms with Crippen LogP contribution in [-0.2, 0) is 11.3 Å². The van der Waals surface area contributed by atoms with Crippen LogP contribution >= 0.6 is 0 Å². The summed E-state index contributed by atoms with van der Waals surface area (Å²) >= 11 is 0. The lowest BCUT2D eigenvalue weighted by Crippen LogP contribution is -2.36. The van der Waals surface area contributed by atoms with Gasteiger partial charge in [0.05, 0.1) is 22.9 Å². The quantitative estimate of drug-likeness (QED) is 0.573. The first kappa shape index (κ1) is 21.4. The minimum Gasteiger partial charge on any atom is -0.457 e. The first-order valence-electron chi connectivity index (χ1n) is 10.4. The molecule has 4 rings (SSSR count). The average Bonchev–Trinajstić information content (AvgIpc) is 3.39. The van der Waals surface area contributed by atoms with Crippen molar-refractivity contribution in [1.29, 1.82) is 5.26 Å². The largest absolute Gasteiger partial charge is 0.457 e. The van der Waals surface area contributed by atoms with Gasteiger partial charge in [-0.1, -0.05) is 6.07 Å². The number of nitriles is 1. The Kier molecular flexibility index (Phi) is 6.30. The van der Waals surface area contributed by atoms with Crippen molar-refractivity contribution in [2.75, 3.05) is 26.2 Å². The third-order valence-electron chi connectivity index (χ3n) is 6.13. The molecule has 1 aromatic carbocycles. The van der Waals surface area contributed by atoms with E-state index in [9.17, 15) is 15.0 Å². The van der Waals surface area contributed by atoms with Gasteiger partial charge in [-0.05, 0) is 49.2 Å². The standard InChI is InChI=1S/C23H26N4O4/c1-14-17(3-4-18-19(14)13-31-23(18)30)22(29)12-27-7-6-16(11-27)25-10-21(28)20-5-2-15(8-24)9-26-20/h2-5,9,16,21-22,25,28-29H,6-7,10-13H2,1H3/t16-,21?,22?/m1/s1. The van der Waals surface area contributed by atoms with Crippen molar-refractivity contribution in [3.63, 3.8) is 0 Å². The number of likely N-dealkylation sites (tertiary alicyclic amines) is 1. The first-order chi connectivity index (χ1) is 15.0. The Hall–Kier alpha value is -2.83. The van der Waals surface area contributed by atoms with Crippen LogP contribution < -0.4 is 5.32 Å². The van der Waals surface area contributed by atoms with Crippen LogP contribution in [0.2, 0.25) is 0 Å². The average molecular weight is 422 g/mol. The number of rotatable bonds is 7. The summed E-state index contributed by atoms with van der Waals surface area (Å²) in [7, 11) is 0. The smallest absolute Gasteiger partial charge is 0.338 e. The number of pyridine rings is 1. The summed E-state index contributed by atoms with van der Waals surface area (Å²) in [5, 5.41) is 33.3. The van der Waals surface area contributed by atoms with Crippen LogP contribution in [0.1, 0.15) is 56.9 Å². The topological polar surface area (TPSA) is 119 Å². The lowest BCUT2D eigenvalue weighted by molar-refractivity contribution is 0.0535. The van der Waals surface area contributed by atoms with E-state index in [0.717, 1.165) is 36.2 Å². The van der Waals surface area contributed by atoms with Gasteiger partial charge in [0.15, 0.2) is 0 Å². The molecular formula is C23H26N4O4. The maximum Gasteiger partial charge on any atom is 0.338 e. The number of fused-ring (bicyclic) bond motifs is 1. The zero-order valence-corrected chi connectivity index (χ0v) is 17.4. The van der Waals surface area contributed by atoms with Crippen molar-refractivity contribution >= 4 is 5.97 Å². The van der Waals surface area contributed by atoms with Crippen LogP contribution in [0.25, 0.3) is 0 Å². The Morgan fingerprint density at radius 1 is 1.32 bits per heavy atom. The number of β-amino-alcohol motifs (C(OH)–C–C–N with tert-alkyl or cyclic N) is 1. The molecule has 2 unspecified atom stereocenters. The van der Waals surface area contributed by atoms with E-state index >= 15 is 0 Å². The van der Waals surface area contributed by atoms with Crippen molar-refractivity contribution in [2.24, 2.45) is 0 Å². The number of cyclic esters (lactones) is 1. The molecule has 8 heteroatoms. The highest BCUT2D eigenvalue weighted by Gasteiger charge is 2.28. The molecule has 8 nitrogen and oxygen atoms in total. The van der Waals surface area contributed by atoms with Crippen LogP contribution in [0.15, 0.2) is 30.5 Å². The molecule has 3 N–H and O–H groups in total. The fraction of sp³-hybridized carbons (Fsp3) is 0.435. The highest BCUT2D eigenvalue weighted by Crippen LogP contribution is 2.29. The summed E-state index contributed by atoms with van der Waals surface area (Å²) in [6, 6.07) is 9.10. The van der Waals surface area contributed by atoms with Crippen molar-refractivity contribution in [2.45, 2.75) is 38.2 Å². The SMILES string of the molecule is Cc1c(C(O)CN2CC[C@@H](NCC(O)c3ccc(C#N)cn3)C2)ccc2c1COC2=O. The van der Waals surface area contributed by atoms with Crippen molar-refractivity contribution in [1.82, 2.24) is 15.2 Å². The van der Waals surface area contributed by atoms with Crippen molar-refractivity contribution in [3.05, 3.63) is 64.0 Å². The summed E-state index contributed by atoms with van der Waals surface area (Å²) in [5.74, 6) is -0.300. The molecule has 0 spiro atoms. The molecule has 1 fully saturated rings. The van der Waals surface area contributed by atoms with Crippen LogP contribution in [0, 0.1) is 18.3 Å². The molecule has 1 aromatic heterocycles. The molecule has 3 atom stereocenters. The zero-order valence-electron chi connectivity index (χ0n) is 17.4. The van der Waals surface area contributed by atoms with Gasteiger partial charge in [0, 0.05) is 37.4 Å². The number of carbonyl (C=O) groups is 1. The van der Waals surface area contributed by atoms with E-state index in [1.54, 1.807) is 18.2 Å². The summed E-state index contributed by atoms with van der Waals surface area (Å²) in [6.07, 6.45) is 0.992. The zero-order chi connectivity index (χ0) is 22.0. The summed E-state index contributed by atoms with van der Waals surface area (Å²) in [6.45, 7) is 4.70. The van der Waals surface area contributed by atoms with Gasteiger partial charge in [0.1, 0.15) is 18.8 Å². The molecule has 162 valence electrons. The van der Waals surface area contributed by atoms with E-state index in [1.165, 1.54) is 6.20 Å². The minimum atomic E-state index is -0.744. The van der Waals surface area contributed by atoms with Gasteiger partial charge in [0.25, 0.3) is 0 Å². The molecule has 0 bridgehead atoms. The van der Waals surface area contributed by atoms with E-state index in [0.29, 0.717) is 29.9 Å². The van der Waals surface area contributed by atoms with E-state index in [2.05, 4.69) is 15.2 Å². The number of hydrogen-bond acceptors (Lipinski definition) is 8. The van der Waals surface area contributed by atoms with Crippen LogP contribution in [-0.4, -0.2) is 58.3 Å². The Balaban J connectivity index is 1.28. The van der Waals surface area contributed by atoms with Crippen molar-refractivity contribution < 1.29 is 19.7 Å².